The second-order valence-electron chi connectivity index (χ2n) is 8.21. The number of rotatable bonds is 4. The van der Waals surface area contributed by atoms with Gasteiger partial charge in [-0.3, -0.25) is 0 Å². The molecule has 3 fully saturated rings. The third kappa shape index (κ3) is 9.36. The maximum Gasteiger partial charge on any atom is 2.00 e. The summed E-state index contributed by atoms with van der Waals surface area (Å²) in [6.07, 6.45) is 27.6. The van der Waals surface area contributed by atoms with Gasteiger partial charge in [-0.1, -0.05) is 31.1 Å². The Morgan fingerprint density at radius 2 is 1.36 bits per heavy atom. The smallest absolute Gasteiger partial charge is 0.381 e. The molecule has 2 saturated carbocycles. The molecule has 0 bridgehead atoms. The van der Waals surface area contributed by atoms with Gasteiger partial charge in [0.15, 0.2) is 12.3 Å². The van der Waals surface area contributed by atoms with Crippen LogP contribution in [0.15, 0.2) is 23.8 Å². The van der Waals surface area contributed by atoms with E-state index in [1.807, 2.05) is 0 Å². The molecule has 4 rings (SSSR count). The molecule has 0 aromatic carbocycles. The molecule has 0 radical (unpaired) electrons. The molecule has 3 aliphatic carbocycles. The molecule has 1 heterocycles. The fraction of sp³-hybridized carbons (Fsp3) is 0.708. The first-order valence-corrected chi connectivity index (χ1v) is 11.1. The maximum atomic E-state index is 4.94. The van der Waals surface area contributed by atoms with Crippen LogP contribution in [0, 0.1) is 13.3 Å². The van der Waals surface area contributed by atoms with Crippen LogP contribution < -0.4 is 9.98 Å². The fourth-order valence-electron chi connectivity index (χ4n) is 4.31. The van der Waals surface area contributed by atoms with Crippen LogP contribution in [0.3, 0.4) is 0 Å². The van der Waals surface area contributed by atoms with Crippen LogP contribution in [0.1, 0.15) is 77.0 Å². The van der Waals surface area contributed by atoms with E-state index in [1.54, 1.807) is 0 Å². The maximum absolute atomic E-state index is 4.94. The summed E-state index contributed by atoms with van der Waals surface area (Å²) in [4.78, 5) is 7.32. The van der Waals surface area contributed by atoms with E-state index in [0.717, 1.165) is 13.2 Å². The summed E-state index contributed by atoms with van der Waals surface area (Å²) in [6, 6.07) is 1.41. The van der Waals surface area contributed by atoms with E-state index < -0.39 is 0 Å². The largest absolute Gasteiger partial charge is 2.00 e. The van der Waals surface area contributed by atoms with E-state index in [9.17, 15) is 0 Å². The summed E-state index contributed by atoms with van der Waals surface area (Å²) in [5.74, 6) is 0.447. The third-order valence-electron chi connectivity index (χ3n) is 6.03. The Hall–Kier alpha value is -0.454. The molecule has 0 aromatic rings. The van der Waals surface area contributed by atoms with E-state index in [2.05, 4.69) is 40.6 Å². The summed E-state index contributed by atoms with van der Waals surface area (Å²) in [6.45, 7) is 2.00. The van der Waals surface area contributed by atoms with Crippen molar-refractivity contribution >= 4 is 35.5 Å². The average Bonchev–Trinajstić information content (AvgIpc) is 3.41. The van der Waals surface area contributed by atoms with Gasteiger partial charge in [-0.2, -0.15) is 0 Å². The standard InChI is InChI=1S/C19H28N2.C4H8O.CH3.Mg/c1-3-10-18(11-4-1)20-14-16-8-7-9-17(16)15-21-19-12-5-2-6-13-19;1-2-4-5-3-1;;/h7-9,14-16,18-19H,1-6,10-13H2;1-4H2;1H3;/q;;-1;+2/p+2. The van der Waals surface area contributed by atoms with Gasteiger partial charge < -0.3 is 12.2 Å². The minimum absolute atomic E-state index is 0. The van der Waals surface area contributed by atoms with E-state index in [1.165, 1.54) is 82.6 Å². The molecule has 1 saturated heterocycles. The molecular weight excluding hydrogens is 357 g/mol. The SMILES string of the molecule is C1=CC(C=[NH+]C2CCCCC2)C(C=[NH+]C2CCCCC2)=C1.C1CCOC1.[CH3-].[Mg+2]. The minimum Gasteiger partial charge on any atom is -0.381 e. The van der Waals surface area contributed by atoms with Crippen molar-refractivity contribution in [1.82, 2.24) is 0 Å². The van der Waals surface area contributed by atoms with Crippen LogP contribution in [0.2, 0.25) is 0 Å². The molecule has 28 heavy (non-hydrogen) atoms. The van der Waals surface area contributed by atoms with Crippen molar-refractivity contribution in [2.24, 2.45) is 5.92 Å². The topological polar surface area (TPSA) is 37.2 Å². The quantitative estimate of drug-likeness (QED) is 0.424. The Morgan fingerprint density at radius 1 is 0.786 bits per heavy atom. The molecule has 1 unspecified atom stereocenters. The molecule has 1 aliphatic heterocycles. The molecule has 1 atom stereocenters. The van der Waals surface area contributed by atoms with Gasteiger partial charge in [0, 0.05) is 44.5 Å². The summed E-state index contributed by atoms with van der Waals surface area (Å²) in [5.41, 5.74) is 1.41. The first kappa shape index (κ1) is 25.6. The molecule has 3 nitrogen and oxygen atoms in total. The number of hydrogen-bond acceptors (Lipinski definition) is 1. The van der Waals surface area contributed by atoms with Crippen LogP contribution in [0.4, 0.5) is 0 Å². The molecule has 2 N–H and O–H groups in total. The molecule has 0 spiro atoms. The van der Waals surface area contributed by atoms with Gasteiger partial charge in [0.1, 0.15) is 12.3 Å². The Balaban J connectivity index is 0.000000490. The normalized spacial score (nSPS) is 25.9. The Labute approximate surface area is 189 Å². The number of ether oxygens (including phenoxy) is 1. The van der Waals surface area contributed by atoms with Crippen molar-refractivity contribution < 1.29 is 14.7 Å². The predicted octanol–water partition coefficient (Wildman–Crippen LogP) is 1.93. The van der Waals surface area contributed by atoms with Gasteiger partial charge in [-0.15, -0.1) is 0 Å². The summed E-state index contributed by atoms with van der Waals surface area (Å²) in [7, 11) is 0. The van der Waals surface area contributed by atoms with Crippen LogP contribution in [0.25, 0.3) is 0 Å². The zero-order chi connectivity index (χ0) is 17.9. The van der Waals surface area contributed by atoms with Crippen LogP contribution in [-0.4, -0.2) is 60.8 Å². The predicted molar refractivity (Wildman–Crippen MR) is 121 cm³/mol. The van der Waals surface area contributed by atoms with Crippen molar-refractivity contribution in [1.29, 1.82) is 0 Å². The molecule has 0 amide bonds. The molecule has 152 valence electrons. The van der Waals surface area contributed by atoms with E-state index in [0.29, 0.717) is 18.0 Å². The van der Waals surface area contributed by atoms with Gasteiger partial charge in [-0.05, 0) is 38.5 Å². The average molecular weight is 398 g/mol. The van der Waals surface area contributed by atoms with Gasteiger partial charge in [0.05, 0.1) is 5.92 Å². The second-order valence-corrected chi connectivity index (χ2v) is 8.21. The zero-order valence-corrected chi connectivity index (χ0v) is 19.5. The Bertz CT molecular complexity index is 503. The molecule has 0 aromatic heterocycles. The number of allylic oxidation sites excluding steroid dienone is 4. The van der Waals surface area contributed by atoms with Crippen LogP contribution in [-0.2, 0) is 4.74 Å². The van der Waals surface area contributed by atoms with Crippen molar-refractivity contribution in [3.05, 3.63) is 31.2 Å². The van der Waals surface area contributed by atoms with Crippen LogP contribution in [0.5, 0.6) is 0 Å². The number of nitrogens with one attached hydrogen (secondary N) is 2. The third-order valence-corrected chi connectivity index (χ3v) is 6.03. The minimum atomic E-state index is 0. The molecular formula is C24H41MgN2O+3. The second kappa shape index (κ2) is 15.4. The van der Waals surface area contributed by atoms with Crippen LogP contribution >= 0.6 is 0 Å². The molecule has 4 heteroatoms. The van der Waals surface area contributed by atoms with E-state index in [-0.39, 0.29) is 30.5 Å². The van der Waals surface area contributed by atoms with E-state index in [4.69, 9.17) is 4.74 Å². The summed E-state index contributed by atoms with van der Waals surface area (Å²) in [5, 5.41) is 0. The Kier molecular flexibility index (Phi) is 14.1. The van der Waals surface area contributed by atoms with E-state index >= 15 is 0 Å². The molecule has 4 aliphatic rings. The number of hydrogen-bond donors (Lipinski definition) is 2. The Morgan fingerprint density at radius 3 is 1.89 bits per heavy atom. The first-order chi connectivity index (χ1) is 12.9. The zero-order valence-electron chi connectivity index (χ0n) is 18.1. The van der Waals surface area contributed by atoms with Gasteiger partial charge >= 0.3 is 23.1 Å². The van der Waals surface area contributed by atoms with Gasteiger partial charge in [-0.25, -0.2) is 9.98 Å². The van der Waals surface area contributed by atoms with Crippen molar-refractivity contribution in [2.45, 2.75) is 89.1 Å². The van der Waals surface area contributed by atoms with Gasteiger partial charge in [0.25, 0.3) is 0 Å². The van der Waals surface area contributed by atoms with Crippen molar-refractivity contribution in [2.75, 3.05) is 13.2 Å². The first-order valence-electron chi connectivity index (χ1n) is 11.1. The monoisotopic (exact) mass is 397 g/mol. The fourth-order valence-corrected chi connectivity index (χ4v) is 4.31. The van der Waals surface area contributed by atoms with Gasteiger partial charge in [0.2, 0.25) is 0 Å². The van der Waals surface area contributed by atoms with Crippen molar-refractivity contribution in [3.8, 4) is 0 Å². The summed E-state index contributed by atoms with van der Waals surface area (Å²) < 4.78 is 4.94. The van der Waals surface area contributed by atoms with Crippen molar-refractivity contribution in [3.63, 3.8) is 0 Å². The summed E-state index contributed by atoms with van der Waals surface area (Å²) >= 11 is 0.